The minimum Gasteiger partial charge on any atom is -0.397 e. The maximum Gasteiger partial charge on any atom is 0.125 e. The Morgan fingerprint density at radius 2 is 1.83 bits per heavy atom. The number of halogens is 1. The summed E-state index contributed by atoms with van der Waals surface area (Å²) in [6.45, 7) is 0.847. The van der Waals surface area contributed by atoms with Crippen molar-refractivity contribution in [2.24, 2.45) is 0 Å². The van der Waals surface area contributed by atoms with Crippen LogP contribution in [0.5, 0.6) is 0 Å². The van der Waals surface area contributed by atoms with E-state index in [9.17, 15) is 4.39 Å². The predicted octanol–water partition coefficient (Wildman–Crippen LogP) is 3.09. The van der Waals surface area contributed by atoms with E-state index in [1.807, 2.05) is 30.1 Å². The normalized spacial score (nSPS) is 10.3. The third-order valence-electron chi connectivity index (χ3n) is 2.98. The van der Waals surface area contributed by atoms with Crippen LogP contribution < -0.4 is 10.6 Å². The average Bonchev–Trinajstić information content (AvgIpc) is 2.37. The highest BCUT2D eigenvalue weighted by Crippen LogP contribution is 2.22. The van der Waals surface area contributed by atoms with Gasteiger partial charge in [0.25, 0.3) is 0 Å². The fraction of sp³-hybridized carbons (Fsp3) is 0.200. The van der Waals surface area contributed by atoms with Crippen molar-refractivity contribution in [2.75, 3.05) is 24.2 Å². The monoisotopic (exact) mass is 244 g/mol. The topological polar surface area (TPSA) is 29.3 Å². The van der Waals surface area contributed by atoms with Crippen LogP contribution in [0.15, 0.2) is 48.5 Å². The molecule has 0 atom stereocenters. The lowest BCUT2D eigenvalue weighted by Gasteiger charge is -2.21. The van der Waals surface area contributed by atoms with Gasteiger partial charge in [0.2, 0.25) is 0 Å². The summed E-state index contributed by atoms with van der Waals surface area (Å²) >= 11 is 0. The first-order valence-corrected chi connectivity index (χ1v) is 5.97. The van der Waals surface area contributed by atoms with E-state index in [2.05, 4.69) is 12.1 Å². The van der Waals surface area contributed by atoms with E-state index < -0.39 is 0 Å². The zero-order valence-electron chi connectivity index (χ0n) is 10.4. The number of benzene rings is 2. The Bertz CT molecular complexity index is 511. The second-order valence-electron chi connectivity index (χ2n) is 4.36. The van der Waals surface area contributed by atoms with Gasteiger partial charge >= 0.3 is 0 Å². The predicted molar refractivity (Wildman–Crippen MR) is 74.2 cm³/mol. The Morgan fingerprint density at radius 3 is 2.50 bits per heavy atom. The average molecular weight is 244 g/mol. The molecule has 0 aromatic heterocycles. The van der Waals surface area contributed by atoms with Crippen LogP contribution >= 0.6 is 0 Å². The maximum absolute atomic E-state index is 13.0. The molecule has 2 aromatic carbocycles. The second-order valence-corrected chi connectivity index (χ2v) is 4.36. The van der Waals surface area contributed by atoms with E-state index in [1.54, 1.807) is 6.07 Å². The number of nitrogen functional groups attached to an aromatic ring is 1. The van der Waals surface area contributed by atoms with Gasteiger partial charge in [0.15, 0.2) is 0 Å². The molecular weight excluding hydrogens is 227 g/mol. The SMILES string of the molecule is CN(CCc1ccccc1)c1ccc(F)cc1N. The highest BCUT2D eigenvalue weighted by molar-refractivity contribution is 5.67. The van der Waals surface area contributed by atoms with Gasteiger partial charge < -0.3 is 10.6 Å². The van der Waals surface area contributed by atoms with Crippen LogP contribution in [0.25, 0.3) is 0 Å². The minimum atomic E-state index is -0.298. The number of likely N-dealkylation sites (N-methyl/N-ethyl adjacent to an activating group) is 1. The van der Waals surface area contributed by atoms with Crippen molar-refractivity contribution in [1.82, 2.24) is 0 Å². The van der Waals surface area contributed by atoms with Crippen LogP contribution in [0.3, 0.4) is 0 Å². The molecule has 0 heterocycles. The zero-order valence-corrected chi connectivity index (χ0v) is 10.4. The number of anilines is 2. The van der Waals surface area contributed by atoms with Gasteiger partial charge in [0, 0.05) is 13.6 Å². The van der Waals surface area contributed by atoms with Crippen molar-refractivity contribution in [3.05, 3.63) is 59.9 Å². The highest BCUT2D eigenvalue weighted by atomic mass is 19.1. The van der Waals surface area contributed by atoms with Crippen LogP contribution in [0.1, 0.15) is 5.56 Å². The lowest BCUT2D eigenvalue weighted by molar-refractivity contribution is 0.628. The van der Waals surface area contributed by atoms with E-state index in [-0.39, 0.29) is 5.82 Å². The number of hydrogen-bond donors (Lipinski definition) is 1. The van der Waals surface area contributed by atoms with E-state index in [0.717, 1.165) is 18.7 Å². The van der Waals surface area contributed by atoms with Gasteiger partial charge in [-0.1, -0.05) is 30.3 Å². The standard InChI is InChI=1S/C15H17FN2/c1-18(10-9-12-5-3-2-4-6-12)15-8-7-13(16)11-14(15)17/h2-8,11H,9-10,17H2,1H3. The summed E-state index contributed by atoms with van der Waals surface area (Å²) in [6, 6.07) is 14.8. The Balaban J connectivity index is 2.01. The van der Waals surface area contributed by atoms with E-state index in [4.69, 9.17) is 5.73 Å². The van der Waals surface area contributed by atoms with Crippen molar-refractivity contribution in [1.29, 1.82) is 0 Å². The first kappa shape index (κ1) is 12.4. The van der Waals surface area contributed by atoms with Crippen LogP contribution in [0, 0.1) is 5.82 Å². The number of nitrogens with zero attached hydrogens (tertiary/aromatic N) is 1. The summed E-state index contributed by atoms with van der Waals surface area (Å²) in [5.41, 5.74) is 8.44. The first-order valence-electron chi connectivity index (χ1n) is 5.97. The molecule has 0 unspecified atom stereocenters. The molecule has 18 heavy (non-hydrogen) atoms. The van der Waals surface area contributed by atoms with Crippen LogP contribution in [-0.2, 0) is 6.42 Å². The van der Waals surface area contributed by atoms with Gasteiger partial charge in [-0.05, 0) is 30.2 Å². The molecule has 0 fully saturated rings. The second kappa shape index (κ2) is 5.54. The molecule has 0 saturated carbocycles. The lowest BCUT2D eigenvalue weighted by atomic mass is 10.1. The molecule has 2 nitrogen and oxygen atoms in total. The number of hydrogen-bond acceptors (Lipinski definition) is 2. The van der Waals surface area contributed by atoms with Crippen LogP contribution in [0.2, 0.25) is 0 Å². The maximum atomic E-state index is 13.0. The third-order valence-corrected chi connectivity index (χ3v) is 2.98. The molecule has 0 saturated heterocycles. The van der Waals surface area contributed by atoms with Crippen molar-refractivity contribution in [2.45, 2.75) is 6.42 Å². The Morgan fingerprint density at radius 1 is 1.11 bits per heavy atom. The van der Waals surface area contributed by atoms with E-state index in [0.29, 0.717) is 5.69 Å². The molecule has 2 rings (SSSR count). The van der Waals surface area contributed by atoms with Crippen molar-refractivity contribution in [3.8, 4) is 0 Å². The molecule has 94 valence electrons. The first-order chi connectivity index (χ1) is 8.66. The smallest absolute Gasteiger partial charge is 0.125 e. The fourth-order valence-corrected chi connectivity index (χ4v) is 1.93. The summed E-state index contributed by atoms with van der Waals surface area (Å²) in [6.07, 6.45) is 0.939. The molecule has 0 bridgehead atoms. The summed E-state index contributed by atoms with van der Waals surface area (Å²) in [4.78, 5) is 2.04. The lowest BCUT2D eigenvalue weighted by Crippen LogP contribution is -2.21. The summed E-state index contributed by atoms with van der Waals surface area (Å²) in [7, 11) is 1.96. The van der Waals surface area contributed by atoms with Crippen molar-refractivity contribution < 1.29 is 4.39 Å². The summed E-state index contributed by atoms with van der Waals surface area (Å²) < 4.78 is 13.0. The Labute approximate surface area is 107 Å². The Hall–Kier alpha value is -2.03. The molecule has 0 aliphatic carbocycles. The van der Waals surface area contributed by atoms with Gasteiger partial charge in [0.1, 0.15) is 5.82 Å². The van der Waals surface area contributed by atoms with Gasteiger partial charge in [0.05, 0.1) is 11.4 Å². The molecule has 0 radical (unpaired) electrons. The minimum absolute atomic E-state index is 0.298. The molecule has 0 spiro atoms. The highest BCUT2D eigenvalue weighted by Gasteiger charge is 2.06. The Kier molecular flexibility index (Phi) is 3.82. The molecular formula is C15H17FN2. The quantitative estimate of drug-likeness (QED) is 0.837. The van der Waals surface area contributed by atoms with Crippen LogP contribution in [-0.4, -0.2) is 13.6 Å². The van der Waals surface area contributed by atoms with Crippen molar-refractivity contribution >= 4 is 11.4 Å². The number of nitrogens with two attached hydrogens (primary N) is 1. The van der Waals surface area contributed by atoms with E-state index in [1.165, 1.54) is 17.7 Å². The van der Waals surface area contributed by atoms with Gasteiger partial charge in [-0.25, -0.2) is 4.39 Å². The van der Waals surface area contributed by atoms with Gasteiger partial charge in [-0.2, -0.15) is 0 Å². The summed E-state index contributed by atoms with van der Waals surface area (Å²) in [5, 5.41) is 0. The summed E-state index contributed by atoms with van der Waals surface area (Å²) in [5.74, 6) is -0.298. The molecule has 0 aliphatic heterocycles. The largest absolute Gasteiger partial charge is 0.397 e. The number of rotatable bonds is 4. The molecule has 2 aromatic rings. The molecule has 0 aliphatic rings. The fourth-order valence-electron chi connectivity index (χ4n) is 1.93. The third kappa shape index (κ3) is 3.00. The van der Waals surface area contributed by atoms with Crippen molar-refractivity contribution in [3.63, 3.8) is 0 Å². The van der Waals surface area contributed by atoms with E-state index >= 15 is 0 Å². The van der Waals surface area contributed by atoms with Crippen LogP contribution in [0.4, 0.5) is 15.8 Å². The molecule has 0 amide bonds. The molecule has 3 heteroatoms. The van der Waals surface area contributed by atoms with Gasteiger partial charge in [-0.3, -0.25) is 0 Å². The zero-order chi connectivity index (χ0) is 13.0. The van der Waals surface area contributed by atoms with Gasteiger partial charge in [-0.15, -0.1) is 0 Å². The molecule has 2 N–H and O–H groups in total.